The Morgan fingerprint density at radius 1 is 0.717 bits per heavy atom. The first-order valence-corrected chi connectivity index (χ1v) is 14.7. The minimum atomic E-state index is 0. The number of para-hydroxylation sites is 1. The Hall–Kier alpha value is -4.87. The zero-order valence-electron chi connectivity index (χ0n) is 26.4. The van der Waals surface area contributed by atoms with Crippen LogP contribution in [0, 0.1) is 39.8 Å². The van der Waals surface area contributed by atoms with Crippen molar-refractivity contribution in [1.82, 2.24) is 19.3 Å². The fourth-order valence-corrected chi connectivity index (χ4v) is 5.98. The molecule has 0 aliphatic carbocycles. The number of fused-ring (bicyclic) bond motifs is 3. The van der Waals surface area contributed by atoms with E-state index < -0.39 is 0 Å². The van der Waals surface area contributed by atoms with E-state index in [0.29, 0.717) is 28.9 Å². The predicted octanol–water partition coefficient (Wildman–Crippen LogP) is 8.67. The summed E-state index contributed by atoms with van der Waals surface area (Å²) in [5, 5.41) is 6.99. The largest absolute Gasteiger partial charge is 2.00 e. The Bertz CT molecular complexity index is 2230. The molecule has 0 saturated heterocycles. The van der Waals surface area contributed by atoms with Crippen LogP contribution >= 0.6 is 0 Å². The van der Waals surface area contributed by atoms with Crippen LogP contribution in [-0.4, -0.2) is 33.6 Å². The predicted molar refractivity (Wildman–Crippen MR) is 177 cm³/mol. The summed E-state index contributed by atoms with van der Waals surface area (Å²) in [5.74, 6) is 2.93. The van der Waals surface area contributed by atoms with Crippen LogP contribution < -0.4 is 14.2 Å². The first-order chi connectivity index (χ1) is 21.9. The van der Waals surface area contributed by atoms with Gasteiger partial charge in [-0.15, -0.1) is 40.8 Å². The van der Waals surface area contributed by atoms with Crippen molar-refractivity contribution in [2.45, 2.75) is 27.7 Å². The van der Waals surface area contributed by atoms with Crippen LogP contribution in [0.3, 0.4) is 0 Å². The Morgan fingerprint density at radius 2 is 1.50 bits per heavy atom. The SMILES string of the molecule is COc1nn(-c2[c-]c(Oc3[c-]c4c(cc3)c3ccccc3n4-c3cc(C)ccn3)ccc2)c(OC)c1-c1c(C)ccc(C)c1C.[Pt+2]. The van der Waals surface area contributed by atoms with Crippen LogP contribution in [0.4, 0.5) is 0 Å². The molecule has 3 aromatic heterocycles. The summed E-state index contributed by atoms with van der Waals surface area (Å²) < 4.78 is 21.9. The molecule has 0 aliphatic heterocycles. The second-order valence-electron chi connectivity index (χ2n) is 11.1. The van der Waals surface area contributed by atoms with E-state index in [1.807, 2.05) is 48.7 Å². The number of ether oxygens (including phenoxy) is 3. The third-order valence-electron chi connectivity index (χ3n) is 8.28. The molecule has 0 unspecified atom stereocenters. The molecule has 7 rings (SSSR count). The fourth-order valence-electron chi connectivity index (χ4n) is 5.98. The summed E-state index contributed by atoms with van der Waals surface area (Å²) in [5.41, 5.74) is 9.01. The molecule has 0 fully saturated rings. The minimum Gasteiger partial charge on any atom is -0.509 e. The Balaban J connectivity index is 0.00000372. The van der Waals surface area contributed by atoms with E-state index in [1.165, 1.54) is 5.56 Å². The van der Waals surface area contributed by atoms with Crippen LogP contribution in [0.25, 0.3) is 44.4 Å². The van der Waals surface area contributed by atoms with Crippen LogP contribution in [0.2, 0.25) is 0 Å². The van der Waals surface area contributed by atoms with E-state index in [1.54, 1.807) is 18.9 Å². The number of methoxy groups -OCH3 is 2. The van der Waals surface area contributed by atoms with E-state index in [2.05, 4.69) is 85.8 Å². The van der Waals surface area contributed by atoms with Crippen molar-refractivity contribution in [2.75, 3.05) is 14.2 Å². The van der Waals surface area contributed by atoms with Crippen molar-refractivity contribution in [2.24, 2.45) is 0 Å². The second kappa shape index (κ2) is 12.5. The molecule has 3 heterocycles. The number of benzene rings is 4. The van der Waals surface area contributed by atoms with Gasteiger partial charge in [0.25, 0.3) is 0 Å². The molecule has 232 valence electrons. The first-order valence-electron chi connectivity index (χ1n) is 14.7. The molecular formula is C38H32N4O3Pt. The van der Waals surface area contributed by atoms with E-state index in [0.717, 1.165) is 55.4 Å². The molecule has 0 amide bonds. The van der Waals surface area contributed by atoms with Gasteiger partial charge in [-0.1, -0.05) is 35.8 Å². The smallest absolute Gasteiger partial charge is 0.509 e. The number of aromatic nitrogens is 4. The van der Waals surface area contributed by atoms with Gasteiger partial charge in [0.2, 0.25) is 11.8 Å². The summed E-state index contributed by atoms with van der Waals surface area (Å²) in [6, 6.07) is 33.2. The summed E-state index contributed by atoms with van der Waals surface area (Å²) >= 11 is 0. The van der Waals surface area contributed by atoms with E-state index in [4.69, 9.17) is 19.3 Å². The number of hydrogen-bond donors (Lipinski definition) is 0. The molecule has 0 bridgehead atoms. The quantitative estimate of drug-likeness (QED) is 0.152. The first kappa shape index (κ1) is 31.1. The van der Waals surface area contributed by atoms with E-state index in [-0.39, 0.29) is 21.1 Å². The molecule has 0 saturated carbocycles. The van der Waals surface area contributed by atoms with Crippen LogP contribution in [-0.2, 0) is 21.1 Å². The van der Waals surface area contributed by atoms with Crippen molar-refractivity contribution in [3.63, 3.8) is 0 Å². The maximum absolute atomic E-state index is 6.38. The Kier molecular flexibility index (Phi) is 8.45. The van der Waals surface area contributed by atoms with Gasteiger partial charge in [0.15, 0.2) is 0 Å². The summed E-state index contributed by atoms with van der Waals surface area (Å²) in [7, 11) is 3.26. The Labute approximate surface area is 282 Å². The molecular weight excluding hydrogens is 756 g/mol. The van der Waals surface area contributed by atoms with Gasteiger partial charge >= 0.3 is 21.1 Å². The topological polar surface area (TPSA) is 63.3 Å². The van der Waals surface area contributed by atoms with Crippen LogP contribution in [0.15, 0.2) is 85.1 Å². The van der Waals surface area contributed by atoms with Gasteiger partial charge in [0, 0.05) is 23.2 Å². The summed E-state index contributed by atoms with van der Waals surface area (Å²) in [6.07, 6.45) is 1.83. The third-order valence-corrected chi connectivity index (χ3v) is 8.28. The monoisotopic (exact) mass is 787 g/mol. The maximum Gasteiger partial charge on any atom is 2.00 e. The molecule has 0 atom stereocenters. The van der Waals surface area contributed by atoms with Gasteiger partial charge in [-0.3, -0.25) is 0 Å². The number of nitrogens with zero attached hydrogens (tertiary/aromatic N) is 4. The van der Waals surface area contributed by atoms with Gasteiger partial charge in [0.05, 0.1) is 14.2 Å². The zero-order chi connectivity index (χ0) is 31.2. The Morgan fingerprint density at radius 3 is 2.28 bits per heavy atom. The average Bonchev–Trinajstić information content (AvgIpc) is 3.58. The molecule has 0 radical (unpaired) electrons. The molecule has 0 spiro atoms. The zero-order valence-corrected chi connectivity index (χ0v) is 28.7. The van der Waals surface area contributed by atoms with E-state index in [9.17, 15) is 0 Å². The maximum atomic E-state index is 6.38. The van der Waals surface area contributed by atoms with Crippen molar-refractivity contribution >= 4 is 21.8 Å². The summed E-state index contributed by atoms with van der Waals surface area (Å²) in [4.78, 5) is 4.68. The fraction of sp³-hybridized carbons (Fsp3) is 0.158. The second-order valence-corrected chi connectivity index (χ2v) is 11.1. The van der Waals surface area contributed by atoms with Gasteiger partial charge in [0.1, 0.15) is 11.4 Å². The number of aryl methyl sites for hydroxylation is 3. The molecule has 0 N–H and O–H groups in total. The number of hydrogen-bond acceptors (Lipinski definition) is 5. The van der Waals surface area contributed by atoms with Crippen LogP contribution in [0.1, 0.15) is 22.3 Å². The third kappa shape index (κ3) is 5.25. The van der Waals surface area contributed by atoms with Gasteiger partial charge in [-0.25, -0.2) is 9.67 Å². The molecule has 0 aliphatic rings. The summed E-state index contributed by atoms with van der Waals surface area (Å²) in [6.45, 7) is 8.36. The number of pyridine rings is 1. The molecule has 46 heavy (non-hydrogen) atoms. The average molecular weight is 788 g/mol. The molecule has 7 aromatic rings. The van der Waals surface area contributed by atoms with E-state index >= 15 is 0 Å². The van der Waals surface area contributed by atoms with Crippen molar-refractivity contribution in [1.29, 1.82) is 0 Å². The van der Waals surface area contributed by atoms with Crippen LogP contribution in [0.5, 0.6) is 23.3 Å². The number of rotatable bonds is 7. The van der Waals surface area contributed by atoms with Crippen molar-refractivity contribution < 1.29 is 35.3 Å². The molecule has 4 aromatic carbocycles. The van der Waals surface area contributed by atoms with Gasteiger partial charge in [-0.2, -0.15) is 12.1 Å². The molecule has 8 heteroatoms. The van der Waals surface area contributed by atoms with Gasteiger partial charge < -0.3 is 18.8 Å². The molecule has 7 nitrogen and oxygen atoms in total. The van der Waals surface area contributed by atoms with Crippen molar-refractivity contribution in [3.8, 4) is 45.9 Å². The minimum absolute atomic E-state index is 0. The standard InChI is InChI=1S/C38H32N4O3.Pt/c1-23-18-19-39-34(20-23)41-32-13-8-7-12-30(32)31-17-16-29(22-33(31)41)45-28-11-9-10-27(21-28)42-38(44-6)36(37(40-42)43-5)35-25(3)15-14-24(2)26(35)4;/h7-20H,1-6H3;/q-2;+2. The normalized spacial score (nSPS) is 11.1. The van der Waals surface area contributed by atoms with Crippen molar-refractivity contribution in [3.05, 3.63) is 119 Å². The van der Waals surface area contributed by atoms with Gasteiger partial charge in [-0.05, 0) is 84.8 Å².